The monoisotopic (exact) mass is 307 g/mol. The minimum Gasteiger partial charge on any atom is -0.311 e. The van der Waals surface area contributed by atoms with Crippen molar-refractivity contribution >= 4 is 44.3 Å². The number of nitrogens with two attached hydrogens (primary N) is 1. The third-order valence-corrected chi connectivity index (χ3v) is 5.19. The Bertz CT molecular complexity index is 892. The summed E-state index contributed by atoms with van der Waals surface area (Å²) in [4.78, 5) is 0. The highest BCUT2D eigenvalue weighted by atomic mass is 31.1. The molecule has 2 aromatic rings. The molecule has 2 heteroatoms. The van der Waals surface area contributed by atoms with Gasteiger partial charge in [0, 0.05) is 5.16 Å². The van der Waals surface area contributed by atoms with Crippen LogP contribution in [0.3, 0.4) is 0 Å². The molecule has 0 radical (unpaired) electrons. The first kappa shape index (κ1) is 15.2. The molecule has 0 saturated carbocycles. The summed E-state index contributed by atoms with van der Waals surface area (Å²) in [7, 11) is 0.351. The average molecular weight is 307 g/mol. The van der Waals surface area contributed by atoms with Crippen LogP contribution in [-0.2, 0) is 0 Å². The molecule has 1 aliphatic carbocycles. The first-order valence-electron chi connectivity index (χ1n) is 7.69. The molecule has 112 valence electrons. The van der Waals surface area contributed by atoms with Crippen LogP contribution in [0.25, 0.3) is 35.6 Å². The fourth-order valence-electron chi connectivity index (χ4n) is 3.02. The van der Waals surface area contributed by atoms with E-state index < -0.39 is 0 Å². The van der Waals surface area contributed by atoms with Crippen LogP contribution in [0.1, 0.15) is 31.4 Å². The Morgan fingerprint density at radius 1 is 1.23 bits per heavy atom. The van der Waals surface area contributed by atoms with Crippen LogP contribution in [0.2, 0.25) is 0 Å². The molecule has 0 saturated heterocycles. The molecule has 0 heterocycles. The zero-order valence-electron chi connectivity index (χ0n) is 13.2. The second kappa shape index (κ2) is 5.83. The normalized spacial score (nSPS) is 20.9. The molecule has 1 nitrogen and oxygen atoms in total. The first-order valence-corrected chi connectivity index (χ1v) is 8.77. The molecule has 0 bridgehead atoms. The third-order valence-electron chi connectivity index (χ3n) is 4.25. The van der Waals surface area contributed by atoms with Crippen LogP contribution >= 0.6 is 8.73 Å². The van der Waals surface area contributed by atoms with Crippen LogP contribution in [0.15, 0.2) is 36.4 Å². The molecule has 0 fully saturated rings. The SMILES string of the molecule is C=c1ccc2c3c(ccc(/C=C\CC)c13)C=CC(C)(PN)C=2. The van der Waals surface area contributed by atoms with E-state index in [0.29, 0.717) is 8.73 Å². The number of rotatable bonds is 3. The Morgan fingerprint density at radius 2 is 2.05 bits per heavy atom. The summed E-state index contributed by atoms with van der Waals surface area (Å²) >= 11 is 0. The van der Waals surface area contributed by atoms with E-state index in [0.717, 1.165) is 11.6 Å². The van der Waals surface area contributed by atoms with Crippen molar-refractivity contribution < 1.29 is 0 Å². The largest absolute Gasteiger partial charge is 0.311 e. The van der Waals surface area contributed by atoms with Crippen LogP contribution in [0.4, 0.5) is 0 Å². The number of allylic oxidation sites excluding steroid dienone is 2. The second-order valence-electron chi connectivity index (χ2n) is 6.02. The van der Waals surface area contributed by atoms with E-state index >= 15 is 0 Å². The maximum Gasteiger partial charge on any atom is 0.0348 e. The highest BCUT2D eigenvalue weighted by Crippen LogP contribution is 2.32. The van der Waals surface area contributed by atoms with Gasteiger partial charge in [-0.1, -0.05) is 68.1 Å². The Kier molecular flexibility index (Phi) is 4.04. The van der Waals surface area contributed by atoms with Crippen molar-refractivity contribution in [3.8, 4) is 0 Å². The second-order valence-corrected chi connectivity index (χ2v) is 7.39. The lowest BCUT2D eigenvalue weighted by atomic mass is 9.96. The molecule has 3 rings (SSSR count). The molecule has 2 N–H and O–H groups in total. The van der Waals surface area contributed by atoms with Gasteiger partial charge in [-0.25, -0.2) is 0 Å². The van der Waals surface area contributed by atoms with Crippen molar-refractivity contribution in [2.45, 2.75) is 25.4 Å². The van der Waals surface area contributed by atoms with E-state index in [1.54, 1.807) is 0 Å². The fraction of sp³-hybridized carbons (Fsp3) is 0.200. The van der Waals surface area contributed by atoms with Crippen LogP contribution in [-0.4, -0.2) is 5.16 Å². The Labute approximate surface area is 133 Å². The topological polar surface area (TPSA) is 26.0 Å². The van der Waals surface area contributed by atoms with Gasteiger partial charge in [0.1, 0.15) is 0 Å². The van der Waals surface area contributed by atoms with E-state index in [2.05, 4.69) is 75.1 Å². The standard InChI is InChI=1S/C20H22NP/c1-4-5-6-15-9-10-16-11-12-20(3,22-21)13-17-8-7-14(2)18(15)19(16)17/h5-13,22H,2,4,21H2,1,3H3/b6-5-. The molecule has 0 aliphatic heterocycles. The predicted molar refractivity (Wildman–Crippen MR) is 102 cm³/mol. The summed E-state index contributed by atoms with van der Waals surface area (Å²) in [6.45, 7) is 8.60. The van der Waals surface area contributed by atoms with E-state index in [1.807, 2.05) is 0 Å². The van der Waals surface area contributed by atoms with Gasteiger partial charge in [-0.05, 0) is 54.4 Å². The van der Waals surface area contributed by atoms with Gasteiger partial charge in [0.15, 0.2) is 0 Å². The number of benzene rings is 2. The maximum atomic E-state index is 6.02. The van der Waals surface area contributed by atoms with Gasteiger partial charge in [-0.15, -0.1) is 0 Å². The zero-order valence-corrected chi connectivity index (χ0v) is 14.2. The van der Waals surface area contributed by atoms with Crippen molar-refractivity contribution in [1.82, 2.24) is 0 Å². The quantitative estimate of drug-likeness (QED) is 0.858. The van der Waals surface area contributed by atoms with Gasteiger partial charge >= 0.3 is 0 Å². The number of hydrogen-bond donors (Lipinski definition) is 1. The lowest BCUT2D eigenvalue weighted by Crippen LogP contribution is -2.19. The number of hydrogen-bond acceptors (Lipinski definition) is 1. The van der Waals surface area contributed by atoms with E-state index in [1.165, 1.54) is 27.1 Å². The smallest absolute Gasteiger partial charge is 0.0348 e. The van der Waals surface area contributed by atoms with Crippen molar-refractivity contribution in [2.75, 3.05) is 0 Å². The fourth-order valence-corrected chi connectivity index (χ4v) is 3.43. The van der Waals surface area contributed by atoms with E-state index in [4.69, 9.17) is 5.50 Å². The van der Waals surface area contributed by atoms with Gasteiger partial charge in [0.05, 0.1) is 0 Å². The molecular weight excluding hydrogens is 285 g/mol. The molecule has 2 unspecified atom stereocenters. The Hall–Kier alpha value is -1.69. The average Bonchev–Trinajstić information content (AvgIpc) is 2.67. The van der Waals surface area contributed by atoms with Gasteiger partial charge < -0.3 is 5.50 Å². The molecular formula is C20H22NP. The Balaban J connectivity index is 2.46. The maximum absolute atomic E-state index is 6.02. The third kappa shape index (κ3) is 2.56. The molecule has 22 heavy (non-hydrogen) atoms. The van der Waals surface area contributed by atoms with Crippen molar-refractivity contribution in [3.63, 3.8) is 0 Å². The highest BCUT2D eigenvalue weighted by molar-refractivity contribution is 7.38. The van der Waals surface area contributed by atoms with Crippen molar-refractivity contribution in [3.05, 3.63) is 58.0 Å². The van der Waals surface area contributed by atoms with Crippen molar-refractivity contribution in [2.24, 2.45) is 5.50 Å². The van der Waals surface area contributed by atoms with E-state index in [-0.39, 0.29) is 5.16 Å². The minimum absolute atomic E-state index is 0.0753. The van der Waals surface area contributed by atoms with Gasteiger partial charge in [0.2, 0.25) is 0 Å². The van der Waals surface area contributed by atoms with Crippen LogP contribution in [0, 0.1) is 0 Å². The lowest BCUT2D eigenvalue weighted by molar-refractivity contribution is 1.06. The summed E-state index contributed by atoms with van der Waals surface area (Å²) in [6.07, 6.45) is 12.2. The molecule has 2 atom stereocenters. The highest BCUT2D eigenvalue weighted by Gasteiger charge is 2.19. The molecule has 1 aliphatic rings. The summed E-state index contributed by atoms with van der Waals surface area (Å²) in [5.41, 5.74) is 8.51. The van der Waals surface area contributed by atoms with Gasteiger partial charge in [0.25, 0.3) is 0 Å². The van der Waals surface area contributed by atoms with E-state index in [9.17, 15) is 0 Å². The first-order chi connectivity index (χ1) is 10.6. The van der Waals surface area contributed by atoms with Gasteiger partial charge in [-0.2, -0.15) is 0 Å². The van der Waals surface area contributed by atoms with Crippen molar-refractivity contribution in [1.29, 1.82) is 0 Å². The predicted octanol–water partition coefficient (Wildman–Crippen LogP) is 3.79. The summed E-state index contributed by atoms with van der Waals surface area (Å²) in [5.74, 6) is 0. The molecule has 0 amide bonds. The minimum atomic E-state index is -0.0753. The summed E-state index contributed by atoms with van der Waals surface area (Å²) in [5, 5.41) is 4.81. The molecule has 0 spiro atoms. The van der Waals surface area contributed by atoms with Crippen LogP contribution < -0.4 is 15.9 Å². The van der Waals surface area contributed by atoms with Gasteiger partial charge in [-0.3, -0.25) is 0 Å². The van der Waals surface area contributed by atoms with Crippen LogP contribution in [0.5, 0.6) is 0 Å². The lowest BCUT2D eigenvalue weighted by Gasteiger charge is -2.17. The summed E-state index contributed by atoms with van der Waals surface area (Å²) in [6, 6.07) is 8.69. The molecule has 2 aromatic carbocycles. The summed E-state index contributed by atoms with van der Waals surface area (Å²) < 4.78 is 0. The molecule has 0 aromatic heterocycles. The Morgan fingerprint density at radius 3 is 2.77 bits per heavy atom. The zero-order chi connectivity index (χ0) is 15.7.